The Bertz CT molecular complexity index is 181. The maximum atomic E-state index is 5.59. The summed E-state index contributed by atoms with van der Waals surface area (Å²) in [5, 5.41) is 3.37. The predicted octanol–water partition coefficient (Wildman–Crippen LogP) is 0.925. The van der Waals surface area contributed by atoms with Gasteiger partial charge in [-0.3, -0.25) is 0 Å². The number of nitrogens with one attached hydrogen (secondary N) is 1. The van der Waals surface area contributed by atoms with Gasteiger partial charge in [-0.1, -0.05) is 19.1 Å². The first kappa shape index (κ1) is 11.9. The van der Waals surface area contributed by atoms with Crippen LogP contribution in [0.3, 0.4) is 0 Å². The first-order valence-electron chi connectivity index (χ1n) is 5.28. The molecule has 3 N–H and O–H groups in total. The highest BCUT2D eigenvalue weighted by molar-refractivity contribution is 7.80. The van der Waals surface area contributed by atoms with Gasteiger partial charge >= 0.3 is 0 Å². The van der Waals surface area contributed by atoms with E-state index in [2.05, 4.69) is 5.32 Å². The highest BCUT2D eigenvalue weighted by Crippen LogP contribution is 2.10. The zero-order valence-corrected chi connectivity index (χ0v) is 9.61. The van der Waals surface area contributed by atoms with Crippen LogP contribution in [0, 0.1) is 11.8 Å². The summed E-state index contributed by atoms with van der Waals surface area (Å²) in [5.41, 5.74) is 5.49. The van der Waals surface area contributed by atoms with Crippen molar-refractivity contribution >= 4 is 17.2 Å². The van der Waals surface area contributed by atoms with Gasteiger partial charge in [0, 0.05) is 12.5 Å². The van der Waals surface area contributed by atoms with Crippen molar-refractivity contribution < 1.29 is 4.74 Å². The molecule has 14 heavy (non-hydrogen) atoms. The zero-order chi connectivity index (χ0) is 10.4. The summed E-state index contributed by atoms with van der Waals surface area (Å²) in [4.78, 5) is 0.548. The molecule has 1 heterocycles. The van der Waals surface area contributed by atoms with Gasteiger partial charge in [0.05, 0.1) is 18.2 Å². The molecule has 0 aromatic heterocycles. The predicted molar refractivity (Wildman–Crippen MR) is 62.4 cm³/mol. The summed E-state index contributed by atoms with van der Waals surface area (Å²) in [7, 11) is 0. The topological polar surface area (TPSA) is 47.3 Å². The molecule has 1 saturated heterocycles. The second-order valence-corrected chi connectivity index (χ2v) is 4.52. The summed E-state index contributed by atoms with van der Waals surface area (Å²) in [6, 6.07) is 0. The van der Waals surface area contributed by atoms with Crippen molar-refractivity contribution in [3.8, 4) is 0 Å². The molecule has 0 aromatic rings. The molecular formula is C10H20N2OS. The average Bonchev–Trinajstić information content (AvgIpc) is 2.19. The van der Waals surface area contributed by atoms with Crippen LogP contribution < -0.4 is 11.1 Å². The van der Waals surface area contributed by atoms with Crippen LogP contribution >= 0.6 is 12.2 Å². The van der Waals surface area contributed by atoms with Gasteiger partial charge in [-0.05, 0) is 25.3 Å². The van der Waals surface area contributed by atoms with Crippen molar-refractivity contribution in [1.29, 1.82) is 0 Å². The normalized spacial score (nSPS) is 24.5. The van der Waals surface area contributed by atoms with E-state index >= 15 is 0 Å². The molecule has 3 nitrogen and oxygen atoms in total. The molecule has 0 aromatic carbocycles. The highest BCUT2D eigenvalue weighted by atomic mass is 32.1. The van der Waals surface area contributed by atoms with E-state index in [1.54, 1.807) is 0 Å². The van der Waals surface area contributed by atoms with Crippen LogP contribution in [-0.4, -0.2) is 31.3 Å². The quantitative estimate of drug-likeness (QED) is 0.671. The van der Waals surface area contributed by atoms with Crippen molar-refractivity contribution in [1.82, 2.24) is 5.32 Å². The standard InChI is InChI=1S/C10H20N2OS/c1-8(10(11)14)6-13-7-9-3-2-4-12-5-9/h8-9,12H,2-7H2,1H3,(H2,11,14). The Hall–Kier alpha value is -0.190. The lowest BCUT2D eigenvalue weighted by molar-refractivity contribution is 0.0803. The Balaban J connectivity index is 2.05. The maximum absolute atomic E-state index is 5.59. The SMILES string of the molecule is CC(COCC1CCCNC1)C(N)=S. The number of rotatable bonds is 5. The third-order valence-electron chi connectivity index (χ3n) is 2.61. The largest absolute Gasteiger partial charge is 0.393 e. The lowest BCUT2D eigenvalue weighted by atomic mass is 10.0. The van der Waals surface area contributed by atoms with Gasteiger partial charge in [0.25, 0.3) is 0 Å². The molecule has 0 radical (unpaired) electrons. The van der Waals surface area contributed by atoms with Crippen LogP contribution in [0.25, 0.3) is 0 Å². The summed E-state index contributed by atoms with van der Waals surface area (Å²) in [6.07, 6.45) is 2.54. The Labute approximate surface area is 91.4 Å². The Morgan fingerprint density at radius 2 is 2.50 bits per heavy atom. The van der Waals surface area contributed by atoms with Crippen molar-refractivity contribution in [2.75, 3.05) is 26.3 Å². The van der Waals surface area contributed by atoms with Crippen LogP contribution in [0.4, 0.5) is 0 Å². The molecular weight excluding hydrogens is 196 g/mol. The third kappa shape index (κ3) is 4.35. The molecule has 0 saturated carbocycles. The van der Waals surface area contributed by atoms with Crippen molar-refractivity contribution in [2.45, 2.75) is 19.8 Å². The monoisotopic (exact) mass is 216 g/mol. The molecule has 82 valence electrons. The minimum absolute atomic E-state index is 0.196. The fourth-order valence-corrected chi connectivity index (χ4v) is 1.63. The van der Waals surface area contributed by atoms with E-state index in [1.807, 2.05) is 6.92 Å². The summed E-state index contributed by atoms with van der Waals surface area (Å²) in [6.45, 7) is 5.73. The first-order valence-corrected chi connectivity index (χ1v) is 5.68. The van der Waals surface area contributed by atoms with Gasteiger partial charge in [-0.2, -0.15) is 0 Å². The number of nitrogens with two attached hydrogens (primary N) is 1. The van der Waals surface area contributed by atoms with Crippen molar-refractivity contribution in [3.05, 3.63) is 0 Å². The van der Waals surface area contributed by atoms with Gasteiger partial charge in [0.1, 0.15) is 0 Å². The van der Waals surface area contributed by atoms with Crippen molar-refractivity contribution in [3.63, 3.8) is 0 Å². The second kappa shape index (κ2) is 6.32. The highest BCUT2D eigenvalue weighted by Gasteiger charge is 2.13. The fraction of sp³-hybridized carbons (Fsp3) is 0.900. The molecule has 0 bridgehead atoms. The van der Waals surface area contributed by atoms with Gasteiger partial charge in [0.15, 0.2) is 0 Å². The van der Waals surface area contributed by atoms with E-state index in [0.29, 0.717) is 17.5 Å². The van der Waals surface area contributed by atoms with Crippen LogP contribution in [0.5, 0.6) is 0 Å². The molecule has 0 amide bonds. The van der Waals surface area contributed by atoms with E-state index in [9.17, 15) is 0 Å². The summed E-state index contributed by atoms with van der Waals surface area (Å²) >= 11 is 4.87. The number of ether oxygens (including phenoxy) is 1. The number of piperidine rings is 1. The van der Waals surface area contributed by atoms with Crippen LogP contribution in [0.2, 0.25) is 0 Å². The molecule has 1 aliphatic rings. The molecule has 0 spiro atoms. The van der Waals surface area contributed by atoms with E-state index in [-0.39, 0.29) is 5.92 Å². The lowest BCUT2D eigenvalue weighted by Gasteiger charge is -2.23. The lowest BCUT2D eigenvalue weighted by Crippen LogP contribution is -2.33. The molecule has 0 aliphatic carbocycles. The van der Waals surface area contributed by atoms with Crippen LogP contribution in [0.15, 0.2) is 0 Å². The van der Waals surface area contributed by atoms with E-state index in [0.717, 1.165) is 19.7 Å². The molecule has 1 rings (SSSR count). The summed E-state index contributed by atoms with van der Waals surface area (Å²) in [5.74, 6) is 0.865. The molecule has 1 aliphatic heterocycles. The molecule has 2 unspecified atom stereocenters. The van der Waals surface area contributed by atoms with E-state index in [1.165, 1.54) is 12.8 Å². The number of thiocarbonyl (C=S) groups is 1. The minimum atomic E-state index is 0.196. The van der Waals surface area contributed by atoms with Gasteiger partial charge in [0.2, 0.25) is 0 Å². The minimum Gasteiger partial charge on any atom is -0.393 e. The Kier molecular flexibility index (Phi) is 5.37. The number of hydrogen-bond donors (Lipinski definition) is 2. The van der Waals surface area contributed by atoms with E-state index < -0.39 is 0 Å². The third-order valence-corrected chi connectivity index (χ3v) is 3.01. The van der Waals surface area contributed by atoms with Gasteiger partial charge < -0.3 is 15.8 Å². The summed E-state index contributed by atoms with van der Waals surface area (Å²) < 4.78 is 5.59. The average molecular weight is 216 g/mol. The van der Waals surface area contributed by atoms with Crippen molar-refractivity contribution in [2.24, 2.45) is 17.6 Å². The number of hydrogen-bond acceptors (Lipinski definition) is 3. The van der Waals surface area contributed by atoms with Crippen LogP contribution in [-0.2, 0) is 4.74 Å². The first-order chi connectivity index (χ1) is 6.70. The second-order valence-electron chi connectivity index (χ2n) is 4.05. The molecule has 4 heteroatoms. The van der Waals surface area contributed by atoms with Crippen LogP contribution in [0.1, 0.15) is 19.8 Å². The van der Waals surface area contributed by atoms with Gasteiger partial charge in [-0.25, -0.2) is 0 Å². The molecule has 1 fully saturated rings. The Morgan fingerprint density at radius 1 is 1.71 bits per heavy atom. The maximum Gasteiger partial charge on any atom is 0.0779 e. The molecule has 2 atom stereocenters. The fourth-order valence-electron chi connectivity index (χ4n) is 1.56. The zero-order valence-electron chi connectivity index (χ0n) is 8.79. The smallest absolute Gasteiger partial charge is 0.0779 e. The Morgan fingerprint density at radius 3 is 3.07 bits per heavy atom. The van der Waals surface area contributed by atoms with E-state index in [4.69, 9.17) is 22.7 Å². The van der Waals surface area contributed by atoms with Gasteiger partial charge in [-0.15, -0.1) is 0 Å².